The molecule has 7 heteroatoms. The van der Waals surface area contributed by atoms with Crippen LogP contribution in [0.1, 0.15) is 40.0 Å². The molecule has 1 rings (SSSR count). The van der Waals surface area contributed by atoms with E-state index in [1.54, 1.807) is 0 Å². The van der Waals surface area contributed by atoms with Gasteiger partial charge in [-0.25, -0.2) is 4.79 Å². The molecule has 0 bridgehead atoms. The second-order valence-electron chi connectivity index (χ2n) is 5.93. The minimum atomic E-state index is -1.16. The van der Waals surface area contributed by atoms with E-state index in [0.29, 0.717) is 19.4 Å². The number of likely N-dealkylation sites (tertiary alicyclic amines) is 1. The van der Waals surface area contributed by atoms with E-state index in [1.165, 1.54) is 18.7 Å². The van der Waals surface area contributed by atoms with Gasteiger partial charge >= 0.3 is 12.0 Å². The highest BCUT2D eigenvalue weighted by atomic mass is 16.4. The number of nitrogens with zero attached hydrogens (tertiary/aromatic N) is 1. The number of primary amides is 1. The maximum Gasteiger partial charge on any atom is 0.318 e. The summed E-state index contributed by atoms with van der Waals surface area (Å²) in [5.74, 6) is -1.51. The first-order valence-corrected chi connectivity index (χ1v) is 6.75. The van der Waals surface area contributed by atoms with Crippen LogP contribution in [0.2, 0.25) is 0 Å². The van der Waals surface area contributed by atoms with Gasteiger partial charge in [-0.2, -0.15) is 0 Å². The fourth-order valence-electron chi connectivity index (χ4n) is 2.42. The zero-order valence-corrected chi connectivity index (χ0v) is 12.2. The Morgan fingerprint density at radius 3 is 2.45 bits per heavy atom. The summed E-state index contributed by atoms with van der Waals surface area (Å²) in [6.45, 7) is 5.48. The first kappa shape index (κ1) is 16.3. The quantitative estimate of drug-likeness (QED) is 0.684. The summed E-state index contributed by atoms with van der Waals surface area (Å²) in [5, 5.41) is 11.9. The number of hydrogen-bond acceptors (Lipinski definition) is 3. The van der Waals surface area contributed by atoms with Crippen LogP contribution in [-0.4, -0.2) is 46.5 Å². The van der Waals surface area contributed by atoms with Gasteiger partial charge in [0, 0.05) is 13.1 Å². The van der Waals surface area contributed by atoms with Gasteiger partial charge in [0.15, 0.2) is 0 Å². The Kier molecular flexibility index (Phi) is 4.62. The van der Waals surface area contributed by atoms with Crippen molar-refractivity contribution in [1.29, 1.82) is 0 Å². The Morgan fingerprint density at radius 1 is 1.40 bits per heavy atom. The number of amides is 3. The van der Waals surface area contributed by atoms with Gasteiger partial charge in [-0.3, -0.25) is 9.59 Å². The summed E-state index contributed by atoms with van der Waals surface area (Å²) in [5.41, 5.74) is 3.17. The van der Waals surface area contributed by atoms with Crippen molar-refractivity contribution in [2.45, 2.75) is 45.6 Å². The van der Waals surface area contributed by atoms with Crippen LogP contribution in [0.3, 0.4) is 0 Å². The number of carboxylic acids is 1. The third-order valence-electron chi connectivity index (χ3n) is 3.86. The Morgan fingerprint density at radius 2 is 2.00 bits per heavy atom. The van der Waals surface area contributed by atoms with Gasteiger partial charge in [0.25, 0.3) is 0 Å². The standard InChI is InChI=1S/C13H23N3O4/c1-4-5-13(10(18)19)6-7-16(8-13)11(20)15-12(2,3)9(14)17/h4-8H2,1-3H3,(H2,14,17)(H,15,20)(H,18,19). The number of nitrogens with two attached hydrogens (primary N) is 1. The summed E-state index contributed by atoms with van der Waals surface area (Å²) in [4.78, 5) is 36.2. The van der Waals surface area contributed by atoms with Crippen LogP contribution in [0.25, 0.3) is 0 Å². The molecule has 0 spiro atoms. The van der Waals surface area contributed by atoms with Gasteiger partial charge in [0.05, 0.1) is 5.41 Å². The minimum absolute atomic E-state index is 0.164. The fourth-order valence-corrected chi connectivity index (χ4v) is 2.42. The number of rotatable bonds is 5. The van der Waals surface area contributed by atoms with E-state index in [2.05, 4.69) is 5.32 Å². The molecule has 1 saturated heterocycles. The first-order chi connectivity index (χ1) is 9.14. The van der Waals surface area contributed by atoms with Gasteiger partial charge in [0.2, 0.25) is 5.91 Å². The van der Waals surface area contributed by atoms with Crippen molar-refractivity contribution in [3.05, 3.63) is 0 Å². The molecular formula is C13H23N3O4. The molecule has 0 aromatic rings. The van der Waals surface area contributed by atoms with Crippen molar-refractivity contribution < 1.29 is 19.5 Å². The zero-order valence-electron chi connectivity index (χ0n) is 12.2. The normalized spacial score (nSPS) is 22.6. The van der Waals surface area contributed by atoms with Crippen LogP contribution in [0.15, 0.2) is 0 Å². The van der Waals surface area contributed by atoms with E-state index >= 15 is 0 Å². The van der Waals surface area contributed by atoms with E-state index in [4.69, 9.17) is 5.73 Å². The number of urea groups is 1. The second-order valence-corrected chi connectivity index (χ2v) is 5.93. The SMILES string of the molecule is CCCC1(C(=O)O)CCN(C(=O)NC(C)(C)C(N)=O)C1. The molecule has 20 heavy (non-hydrogen) atoms. The number of carbonyl (C=O) groups excluding carboxylic acids is 2. The molecule has 7 nitrogen and oxygen atoms in total. The van der Waals surface area contributed by atoms with Gasteiger partial charge in [-0.15, -0.1) is 0 Å². The van der Waals surface area contributed by atoms with Crippen LogP contribution in [-0.2, 0) is 9.59 Å². The molecule has 1 aliphatic rings. The largest absolute Gasteiger partial charge is 0.481 e. The Labute approximate surface area is 118 Å². The summed E-state index contributed by atoms with van der Waals surface area (Å²) in [6.07, 6.45) is 1.71. The highest BCUT2D eigenvalue weighted by Gasteiger charge is 2.46. The van der Waals surface area contributed by atoms with Crippen LogP contribution in [0.4, 0.5) is 4.79 Å². The molecular weight excluding hydrogens is 262 g/mol. The molecule has 1 atom stereocenters. The molecule has 0 aromatic heterocycles. The van der Waals surface area contributed by atoms with Crippen molar-refractivity contribution in [3.8, 4) is 0 Å². The van der Waals surface area contributed by atoms with Crippen molar-refractivity contribution >= 4 is 17.9 Å². The monoisotopic (exact) mass is 285 g/mol. The van der Waals surface area contributed by atoms with E-state index in [1.807, 2.05) is 6.92 Å². The molecule has 0 aliphatic carbocycles. The molecule has 1 aliphatic heterocycles. The topological polar surface area (TPSA) is 113 Å². The third-order valence-corrected chi connectivity index (χ3v) is 3.86. The molecule has 1 heterocycles. The average Bonchev–Trinajstić information content (AvgIpc) is 2.74. The van der Waals surface area contributed by atoms with E-state index in [-0.39, 0.29) is 6.54 Å². The highest BCUT2D eigenvalue weighted by molar-refractivity contribution is 5.89. The lowest BCUT2D eigenvalue weighted by Crippen LogP contribution is -2.56. The van der Waals surface area contributed by atoms with Gasteiger partial charge in [-0.05, 0) is 26.7 Å². The van der Waals surface area contributed by atoms with Crippen LogP contribution in [0, 0.1) is 5.41 Å². The lowest BCUT2D eigenvalue weighted by Gasteiger charge is -2.28. The Bertz CT molecular complexity index is 422. The fraction of sp³-hybridized carbons (Fsp3) is 0.769. The van der Waals surface area contributed by atoms with E-state index in [9.17, 15) is 19.5 Å². The molecule has 1 unspecified atom stereocenters. The number of aliphatic carboxylic acids is 1. The predicted molar refractivity (Wildman–Crippen MR) is 73.0 cm³/mol. The highest BCUT2D eigenvalue weighted by Crippen LogP contribution is 2.35. The Balaban J connectivity index is 2.74. The maximum absolute atomic E-state index is 12.1. The number of carboxylic acid groups (broad SMARTS) is 1. The van der Waals surface area contributed by atoms with E-state index in [0.717, 1.165) is 6.42 Å². The summed E-state index contributed by atoms with van der Waals surface area (Å²) >= 11 is 0. The van der Waals surface area contributed by atoms with Crippen molar-refractivity contribution in [3.63, 3.8) is 0 Å². The lowest BCUT2D eigenvalue weighted by molar-refractivity contribution is -0.148. The molecule has 0 saturated carbocycles. The summed E-state index contributed by atoms with van der Waals surface area (Å²) in [6, 6.07) is -0.451. The Hall–Kier alpha value is -1.79. The van der Waals surface area contributed by atoms with Gasteiger partial charge in [-0.1, -0.05) is 13.3 Å². The van der Waals surface area contributed by atoms with Crippen molar-refractivity contribution in [2.24, 2.45) is 11.1 Å². The average molecular weight is 285 g/mol. The maximum atomic E-state index is 12.1. The summed E-state index contributed by atoms with van der Waals surface area (Å²) < 4.78 is 0. The van der Waals surface area contributed by atoms with Gasteiger partial charge in [0.1, 0.15) is 5.54 Å². The van der Waals surface area contributed by atoms with E-state index < -0.39 is 28.9 Å². The molecule has 3 amide bonds. The van der Waals surface area contributed by atoms with Gasteiger partial charge < -0.3 is 21.1 Å². The number of hydrogen-bond donors (Lipinski definition) is 3. The molecule has 1 fully saturated rings. The number of nitrogens with one attached hydrogen (secondary N) is 1. The third kappa shape index (κ3) is 3.20. The van der Waals surface area contributed by atoms with Crippen molar-refractivity contribution in [2.75, 3.05) is 13.1 Å². The minimum Gasteiger partial charge on any atom is -0.481 e. The van der Waals surface area contributed by atoms with Crippen LogP contribution in [0.5, 0.6) is 0 Å². The van der Waals surface area contributed by atoms with Crippen molar-refractivity contribution in [1.82, 2.24) is 10.2 Å². The molecule has 0 aromatic carbocycles. The second kappa shape index (κ2) is 5.68. The first-order valence-electron chi connectivity index (χ1n) is 6.75. The molecule has 0 radical (unpaired) electrons. The summed E-state index contributed by atoms with van der Waals surface area (Å²) in [7, 11) is 0. The smallest absolute Gasteiger partial charge is 0.318 e. The molecule has 114 valence electrons. The van der Waals surface area contributed by atoms with Crippen LogP contribution >= 0.6 is 0 Å². The molecule has 4 N–H and O–H groups in total. The van der Waals surface area contributed by atoms with Crippen LogP contribution < -0.4 is 11.1 Å². The lowest BCUT2D eigenvalue weighted by atomic mass is 9.83. The predicted octanol–water partition coefficient (Wildman–Crippen LogP) is 0.537. The zero-order chi connectivity index (χ0) is 15.6. The number of carbonyl (C=O) groups is 3.